The molecule has 1 aromatic rings. The third-order valence-electron chi connectivity index (χ3n) is 2.65. The maximum atomic E-state index is 11.6. The van der Waals surface area contributed by atoms with Crippen molar-refractivity contribution in [2.24, 2.45) is 0 Å². The summed E-state index contributed by atoms with van der Waals surface area (Å²) in [5, 5.41) is 14.2. The monoisotopic (exact) mass is 285 g/mol. The standard InChI is InChI=1S/C12H16ClN3O3/c1-8(12(17)15(2)3)14-7-9-4-5-10(13)6-11(9)16(18)19/h4-6,8,14H,7H2,1-3H3. The first-order valence-corrected chi connectivity index (χ1v) is 6.08. The number of hydrogen-bond acceptors (Lipinski definition) is 4. The van der Waals surface area contributed by atoms with Gasteiger partial charge in [-0.25, -0.2) is 0 Å². The van der Waals surface area contributed by atoms with E-state index in [1.807, 2.05) is 0 Å². The molecule has 1 aromatic carbocycles. The van der Waals surface area contributed by atoms with Gasteiger partial charge in [0.2, 0.25) is 5.91 Å². The van der Waals surface area contributed by atoms with E-state index in [9.17, 15) is 14.9 Å². The van der Waals surface area contributed by atoms with Gasteiger partial charge in [-0.05, 0) is 19.1 Å². The van der Waals surface area contributed by atoms with Crippen molar-refractivity contribution in [3.05, 3.63) is 38.9 Å². The first kappa shape index (κ1) is 15.4. The molecule has 0 spiro atoms. The van der Waals surface area contributed by atoms with Gasteiger partial charge in [0.25, 0.3) is 5.69 Å². The Hall–Kier alpha value is -1.66. The van der Waals surface area contributed by atoms with Gasteiger partial charge in [-0.2, -0.15) is 0 Å². The zero-order valence-corrected chi connectivity index (χ0v) is 11.8. The van der Waals surface area contributed by atoms with Crippen LogP contribution in [0.25, 0.3) is 0 Å². The first-order valence-electron chi connectivity index (χ1n) is 5.70. The normalized spacial score (nSPS) is 12.0. The van der Waals surface area contributed by atoms with Crippen LogP contribution in [0.15, 0.2) is 18.2 Å². The van der Waals surface area contributed by atoms with Crippen LogP contribution in [0.1, 0.15) is 12.5 Å². The molecule has 0 aromatic heterocycles. The number of hydrogen-bond donors (Lipinski definition) is 1. The number of nitrogens with one attached hydrogen (secondary N) is 1. The quantitative estimate of drug-likeness (QED) is 0.661. The van der Waals surface area contributed by atoms with Crippen molar-refractivity contribution in [1.82, 2.24) is 10.2 Å². The van der Waals surface area contributed by atoms with E-state index in [-0.39, 0.29) is 18.1 Å². The van der Waals surface area contributed by atoms with Gasteiger partial charge in [-0.3, -0.25) is 14.9 Å². The SMILES string of the molecule is CC(NCc1ccc(Cl)cc1[N+](=O)[O-])C(=O)N(C)C. The smallest absolute Gasteiger partial charge is 0.275 e. The summed E-state index contributed by atoms with van der Waals surface area (Å²) < 4.78 is 0. The Bertz CT molecular complexity index is 491. The molecule has 0 radical (unpaired) electrons. The second-order valence-corrected chi connectivity index (χ2v) is 4.80. The average Bonchev–Trinajstić information content (AvgIpc) is 2.35. The van der Waals surface area contributed by atoms with Gasteiger partial charge in [-0.15, -0.1) is 0 Å². The fourth-order valence-electron chi connectivity index (χ4n) is 1.59. The van der Waals surface area contributed by atoms with E-state index in [0.717, 1.165) is 0 Å². The Balaban J connectivity index is 2.78. The molecule has 1 atom stereocenters. The summed E-state index contributed by atoms with van der Waals surface area (Å²) in [5.74, 6) is -0.0865. The number of nitro benzene ring substituents is 1. The van der Waals surface area contributed by atoms with Crippen LogP contribution in [0, 0.1) is 10.1 Å². The van der Waals surface area contributed by atoms with Crippen molar-refractivity contribution < 1.29 is 9.72 Å². The Labute approximate surface area is 116 Å². The van der Waals surface area contributed by atoms with E-state index in [1.54, 1.807) is 33.2 Å². The van der Waals surface area contributed by atoms with Crippen molar-refractivity contribution in [2.75, 3.05) is 14.1 Å². The number of amides is 1. The lowest BCUT2D eigenvalue weighted by Crippen LogP contribution is -2.41. The predicted molar refractivity (Wildman–Crippen MR) is 73.1 cm³/mol. The molecule has 104 valence electrons. The summed E-state index contributed by atoms with van der Waals surface area (Å²) in [7, 11) is 3.32. The van der Waals surface area contributed by atoms with Gasteiger partial charge < -0.3 is 10.2 Å². The molecule has 0 aliphatic rings. The van der Waals surface area contributed by atoms with Gasteiger partial charge in [0, 0.05) is 37.3 Å². The Morgan fingerprint density at radius 3 is 2.68 bits per heavy atom. The van der Waals surface area contributed by atoms with Gasteiger partial charge in [0.15, 0.2) is 0 Å². The highest BCUT2D eigenvalue weighted by molar-refractivity contribution is 6.30. The van der Waals surface area contributed by atoms with Crippen LogP contribution in [-0.4, -0.2) is 35.9 Å². The van der Waals surface area contributed by atoms with Crippen molar-refractivity contribution in [2.45, 2.75) is 19.5 Å². The van der Waals surface area contributed by atoms with E-state index in [2.05, 4.69) is 5.32 Å². The predicted octanol–water partition coefficient (Wildman–Crippen LogP) is 1.81. The highest BCUT2D eigenvalue weighted by Gasteiger charge is 2.18. The number of carbonyl (C=O) groups excluding carboxylic acids is 1. The maximum absolute atomic E-state index is 11.6. The molecule has 1 unspecified atom stereocenters. The van der Waals surface area contributed by atoms with Gasteiger partial charge in [-0.1, -0.05) is 11.6 Å². The second-order valence-electron chi connectivity index (χ2n) is 4.37. The summed E-state index contributed by atoms with van der Waals surface area (Å²) in [6.07, 6.45) is 0. The molecule has 0 aliphatic heterocycles. The van der Waals surface area contributed by atoms with Crippen LogP contribution in [0.5, 0.6) is 0 Å². The molecule has 0 saturated carbocycles. The van der Waals surface area contributed by atoms with E-state index in [0.29, 0.717) is 10.6 Å². The Morgan fingerprint density at radius 2 is 2.16 bits per heavy atom. The summed E-state index contributed by atoms with van der Waals surface area (Å²) in [6.45, 7) is 1.94. The Morgan fingerprint density at radius 1 is 1.53 bits per heavy atom. The zero-order chi connectivity index (χ0) is 14.6. The molecule has 1 rings (SSSR count). The fourth-order valence-corrected chi connectivity index (χ4v) is 1.76. The zero-order valence-electron chi connectivity index (χ0n) is 11.0. The average molecular weight is 286 g/mol. The number of halogens is 1. The largest absolute Gasteiger partial charge is 0.347 e. The first-order chi connectivity index (χ1) is 8.82. The van der Waals surface area contributed by atoms with Crippen molar-refractivity contribution in [3.63, 3.8) is 0 Å². The van der Waals surface area contributed by atoms with E-state index >= 15 is 0 Å². The van der Waals surface area contributed by atoms with Gasteiger partial charge in [0.05, 0.1) is 11.0 Å². The van der Waals surface area contributed by atoms with Crippen LogP contribution in [-0.2, 0) is 11.3 Å². The number of nitrogens with zero attached hydrogens (tertiary/aromatic N) is 2. The molecule has 0 fully saturated rings. The van der Waals surface area contributed by atoms with Crippen molar-refractivity contribution in [3.8, 4) is 0 Å². The number of carbonyl (C=O) groups is 1. The third kappa shape index (κ3) is 4.18. The number of benzene rings is 1. The third-order valence-corrected chi connectivity index (χ3v) is 2.89. The second kappa shape index (κ2) is 6.49. The van der Waals surface area contributed by atoms with Gasteiger partial charge >= 0.3 is 0 Å². The van der Waals surface area contributed by atoms with Crippen LogP contribution < -0.4 is 5.32 Å². The molecule has 7 heteroatoms. The number of nitro groups is 1. The molecular formula is C12H16ClN3O3. The minimum absolute atomic E-state index is 0.0514. The molecule has 1 amide bonds. The maximum Gasteiger partial charge on any atom is 0.275 e. The molecule has 0 saturated heterocycles. The summed E-state index contributed by atoms with van der Waals surface area (Å²) in [6, 6.07) is 4.06. The van der Waals surface area contributed by atoms with Crippen LogP contribution in [0.4, 0.5) is 5.69 Å². The lowest BCUT2D eigenvalue weighted by atomic mass is 10.1. The van der Waals surface area contributed by atoms with Gasteiger partial charge in [0.1, 0.15) is 0 Å². The molecule has 0 aliphatic carbocycles. The lowest BCUT2D eigenvalue weighted by Gasteiger charge is -2.18. The highest BCUT2D eigenvalue weighted by Crippen LogP contribution is 2.23. The molecule has 1 N–H and O–H groups in total. The van der Waals surface area contributed by atoms with Crippen LogP contribution >= 0.6 is 11.6 Å². The van der Waals surface area contributed by atoms with Crippen LogP contribution in [0.3, 0.4) is 0 Å². The lowest BCUT2D eigenvalue weighted by molar-refractivity contribution is -0.385. The summed E-state index contributed by atoms with van der Waals surface area (Å²) >= 11 is 5.73. The number of likely N-dealkylation sites (N-methyl/N-ethyl adjacent to an activating group) is 1. The van der Waals surface area contributed by atoms with E-state index < -0.39 is 11.0 Å². The summed E-state index contributed by atoms with van der Waals surface area (Å²) in [5.41, 5.74) is 0.442. The van der Waals surface area contributed by atoms with Crippen molar-refractivity contribution in [1.29, 1.82) is 0 Å². The van der Waals surface area contributed by atoms with E-state index in [1.165, 1.54) is 11.0 Å². The Kier molecular flexibility index (Phi) is 5.26. The molecule has 19 heavy (non-hydrogen) atoms. The fraction of sp³-hybridized carbons (Fsp3) is 0.417. The number of rotatable bonds is 5. The molecule has 0 bridgehead atoms. The molecule has 6 nitrogen and oxygen atoms in total. The van der Waals surface area contributed by atoms with Crippen molar-refractivity contribution >= 4 is 23.2 Å². The topological polar surface area (TPSA) is 75.5 Å². The minimum Gasteiger partial charge on any atom is -0.347 e. The molecule has 0 heterocycles. The van der Waals surface area contributed by atoms with E-state index in [4.69, 9.17) is 11.6 Å². The molecular weight excluding hydrogens is 270 g/mol. The minimum atomic E-state index is -0.485. The van der Waals surface area contributed by atoms with Crippen LogP contribution in [0.2, 0.25) is 5.02 Å². The highest BCUT2D eigenvalue weighted by atomic mass is 35.5. The summed E-state index contributed by atoms with van der Waals surface area (Å²) in [4.78, 5) is 23.5.